The number of carbonyl (C=O) groups is 1. The van der Waals surface area contributed by atoms with Crippen molar-refractivity contribution in [3.8, 4) is 0 Å². The Morgan fingerprint density at radius 1 is 1.36 bits per heavy atom. The van der Waals surface area contributed by atoms with Gasteiger partial charge in [0.05, 0.1) is 11.5 Å². The highest BCUT2D eigenvalue weighted by Gasteiger charge is 2.21. The number of aryl methyl sites for hydroxylation is 1. The average Bonchev–Trinajstić information content (AvgIpc) is 2.49. The summed E-state index contributed by atoms with van der Waals surface area (Å²) < 4.78 is 0. The van der Waals surface area contributed by atoms with E-state index in [2.05, 4.69) is 10.2 Å². The number of nitro groups is 1. The normalized spacial score (nSPS) is 15.8. The van der Waals surface area contributed by atoms with E-state index in [4.69, 9.17) is 0 Å². The Balaban J connectivity index is 1.98. The zero-order chi connectivity index (χ0) is 16.1. The van der Waals surface area contributed by atoms with E-state index in [0.29, 0.717) is 6.04 Å². The molecule has 22 heavy (non-hydrogen) atoms. The van der Waals surface area contributed by atoms with Gasteiger partial charge in [0.1, 0.15) is 5.69 Å². The van der Waals surface area contributed by atoms with Gasteiger partial charge in [-0.15, -0.1) is 0 Å². The third-order valence-corrected chi connectivity index (χ3v) is 4.22. The maximum atomic E-state index is 12.1. The van der Waals surface area contributed by atoms with E-state index in [9.17, 15) is 14.9 Å². The van der Waals surface area contributed by atoms with Crippen LogP contribution in [0.3, 0.4) is 0 Å². The smallest absolute Gasteiger partial charge is 0.293 e. The van der Waals surface area contributed by atoms with Crippen molar-refractivity contribution >= 4 is 17.3 Å². The highest BCUT2D eigenvalue weighted by molar-refractivity contribution is 5.94. The summed E-state index contributed by atoms with van der Waals surface area (Å²) in [4.78, 5) is 24.8. The Bertz CT molecular complexity index is 554. The molecule has 0 aromatic heterocycles. The standard InChI is InChI=1S/C16H23N3O3/c1-12-8-9-14(15(10-12)19(21)22)17-16(20)11-18(2)13-6-4-3-5-7-13/h8-10,13H,3-7,11H2,1-2H3,(H,17,20). The summed E-state index contributed by atoms with van der Waals surface area (Å²) in [5.74, 6) is -0.208. The molecule has 6 heteroatoms. The zero-order valence-corrected chi connectivity index (χ0v) is 13.2. The molecular formula is C16H23N3O3. The lowest BCUT2D eigenvalue weighted by atomic mass is 9.94. The van der Waals surface area contributed by atoms with Gasteiger partial charge in [0.2, 0.25) is 5.91 Å². The van der Waals surface area contributed by atoms with Gasteiger partial charge in [-0.05, 0) is 38.4 Å². The average molecular weight is 305 g/mol. The number of hydrogen-bond donors (Lipinski definition) is 1. The van der Waals surface area contributed by atoms with E-state index in [0.717, 1.165) is 18.4 Å². The minimum Gasteiger partial charge on any atom is -0.319 e. The Kier molecular flexibility index (Phi) is 5.49. The number of rotatable bonds is 5. The topological polar surface area (TPSA) is 75.5 Å². The lowest BCUT2D eigenvalue weighted by Gasteiger charge is -2.30. The minimum absolute atomic E-state index is 0.0614. The lowest BCUT2D eigenvalue weighted by Crippen LogP contribution is -2.39. The molecule has 1 saturated carbocycles. The van der Waals surface area contributed by atoms with Gasteiger partial charge < -0.3 is 5.32 Å². The monoisotopic (exact) mass is 305 g/mol. The van der Waals surface area contributed by atoms with E-state index in [-0.39, 0.29) is 23.8 Å². The van der Waals surface area contributed by atoms with Crippen molar-refractivity contribution in [2.24, 2.45) is 0 Å². The number of amides is 1. The summed E-state index contributed by atoms with van der Waals surface area (Å²) in [6.45, 7) is 2.05. The molecule has 0 heterocycles. The van der Waals surface area contributed by atoms with Gasteiger partial charge in [-0.3, -0.25) is 19.8 Å². The molecule has 2 rings (SSSR count). The summed E-state index contributed by atoms with van der Waals surface area (Å²) in [6, 6.07) is 5.26. The number of hydrogen-bond acceptors (Lipinski definition) is 4. The molecule has 0 atom stereocenters. The van der Waals surface area contributed by atoms with Crippen LogP contribution >= 0.6 is 0 Å². The van der Waals surface area contributed by atoms with Crippen molar-refractivity contribution in [2.75, 3.05) is 18.9 Å². The van der Waals surface area contributed by atoms with Crippen molar-refractivity contribution < 1.29 is 9.72 Å². The second-order valence-corrected chi connectivity index (χ2v) is 6.03. The number of likely N-dealkylation sites (N-methyl/N-ethyl adjacent to an activating group) is 1. The van der Waals surface area contributed by atoms with Crippen LogP contribution in [-0.2, 0) is 4.79 Å². The molecular weight excluding hydrogens is 282 g/mol. The van der Waals surface area contributed by atoms with Crippen LogP contribution < -0.4 is 5.32 Å². The number of nitro benzene ring substituents is 1. The third-order valence-electron chi connectivity index (χ3n) is 4.22. The minimum atomic E-state index is -0.465. The fourth-order valence-electron chi connectivity index (χ4n) is 2.97. The second-order valence-electron chi connectivity index (χ2n) is 6.03. The van der Waals surface area contributed by atoms with Crippen molar-refractivity contribution in [2.45, 2.75) is 45.1 Å². The van der Waals surface area contributed by atoms with E-state index in [1.165, 1.54) is 25.3 Å². The van der Waals surface area contributed by atoms with Crippen LogP contribution in [0.25, 0.3) is 0 Å². The van der Waals surface area contributed by atoms with Gasteiger partial charge in [-0.1, -0.05) is 25.3 Å². The maximum absolute atomic E-state index is 12.1. The van der Waals surface area contributed by atoms with Gasteiger partial charge in [-0.25, -0.2) is 0 Å². The molecule has 1 N–H and O–H groups in total. The number of carbonyl (C=O) groups excluding carboxylic acids is 1. The first-order chi connectivity index (χ1) is 10.5. The predicted molar refractivity (Wildman–Crippen MR) is 86.0 cm³/mol. The summed E-state index contributed by atoms with van der Waals surface area (Å²) in [7, 11) is 1.94. The van der Waals surface area contributed by atoms with Gasteiger partial charge >= 0.3 is 0 Å². The number of benzene rings is 1. The molecule has 0 radical (unpaired) electrons. The van der Waals surface area contributed by atoms with Crippen molar-refractivity contribution in [3.05, 3.63) is 33.9 Å². The predicted octanol–water partition coefficient (Wildman–Crippen LogP) is 3.11. The molecule has 0 spiro atoms. The molecule has 0 bridgehead atoms. The third kappa shape index (κ3) is 4.27. The van der Waals surface area contributed by atoms with Crippen molar-refractivity contribution in [1.82, 2.24) is 4.90 Å². The second kappa shape index (κ2) is 7.35. The van der Waals surface area contributed by atoms with Gasteiger partial charge in [-0.2, -0.15) is 0 Å². The van der Waals surface area contributed by atoms with Crippen LogP contribution in [0, 0.1) is 17.0 Å². The molecule has 120 valence electrons. The molecule has 1 aliphatic carbocycles. The lowest BCUT2D eigenvalue weighted by molar-refractivity contribution is -0.384. The van der Waals surface area contributed by atoms with Gasteiger partial charge in [0.25, 0.3) is 5.69 Å². The Hall–Kier alpha value is -1.95. The Morgan fingerprint density at radius 3 is 2.68 bits per heavy atom. The zero-order valence-electron chi connectivity index (χ0n) is 13.2. The van der Waals surface area contributed by atoms with E-state index < -0.39 is 4.92 Å². The number of anilines is 1. The fraction of sp³-hybridized carbons (Fsp3) is 0.562. The van der Waals surface area contributed by atoms with Crippen LogP contribution in [0.5, 0.6) is 0 Å². The number of nitrogens with zero attached hydrogens (tertiary/aromatic N) is 2. The van der Waals surface area contributed by atoms with Gasteiger partial charge in [0, 0.05) is 12.1 Å². The first-order valence-corrected chi connectivity index (χ1v) is 7.72. The molecule has 0 aliphatic heterocycles. The highest BCUT2D eigenvalue weighted by atomic mass is 16.6. The Labute approximate surface area is 130 Å². The van der Waals surface area contributed by atoms with E-state index >= 15 is 0 Å². The van der Waals surface area contributed by atoms with Crippen LogP contribution in [0.1, 0.15) is 37.7 Å². The molecule has 1 aliphatic rings. The molecule has 0 saturated heterocycles. The summed E-state index contributed by atoms with van der Waals surface area (Å²) in [5.41, 5.74) is 0.996. The molecule has 1 aromatic carbocycles. The summed E-state index contributed by atoms with van der Waals surface area (Å²) >= 11 is 0. The van der Waals surface area contributed by atoms with E-state index in [1.807, 2.05) is 7.05 Å². The first-order valence-electron chi connectivity index (χ1n) is 7.72. The van der Waals surface area contributed by atoms with Crippen molar-refractivity contribution in [3.63, 3.8) is 0 Å². The Morgan fingerprint density at radius 2 is 2.05 bits per heavy atom. The first kappa shape index (κ1) is 16.4. The SMILES string of the molecule is Cc1ccc(NC(=O)CN(C)C2CCCCC2)c([N+](=O)[O-])c1. The van der Waals surface area contributed by atoms with E-state index in [1.54, 1.807) is 19.1 Å². The van der Waals surface area contributed by atoms with Crippen LogP contribution in [-0.4, -0.2) is 35.4 Å². The van der Waals surface area contributed by atoms with Crippen LogP contribution in [0.15, 0.2) is 18.2 Å². The summed E-state index contributed by atoms with van der Waals surface area (Å²) in [5, 5.41) is 13.7. The fourth-order valence-corrected chi connectivity index (χ4v) is 2.97. The van der Waals surface area contributed by atoms with Crippen LogP contribution in [0.2, 0.25) is 0 Å². The molecule has 1 aromatic rings. The molecule has 6 nitrogen and oxygen atoms in total. The number of nitrogens with one attached hydrogen (secondary N) is 1. The molecule has 1 amide bonds. The molecule has 0 unspecified atom stereocenters. The highest BCUT2D eigenvalue weighted by Crippen LogP contribution is 2.25. The van der Waals surface area contributed by atoms with Gasteiger partial charge in [0.15, 0.2) is 0 Å². The van der Waals surface area contributed by atoms with Crippen LogP contribution in [0.4, 0.5) is 11.4 Å². The largest absolute Gasteiger partial charge is 0.319 e. The summed E-state index contributed by atoms with van der Waals surface area (Å²) in [6.07, 6.45) is 5.93. The van der Waals surface area contributed by atoms with Crippen molar-refractivity contribution in [1.29, 1.82) is 0 Å². The quantitative estimate of drug-likeness (QED) is 0.670. The molecule has 1 fully saturated rings. The maximum Gasteiger partial charge on any atom is 0.293 e.